The van der Waals surface area contributed by atoms with Gasteiger partial charge in [0.1, 0.15) is 15.7 Å². The molecule has 6 atom stereocenters. The Morgan fingerprint density at radius 3 is 1.47 bits per heavy atom. The molecule has 6 N–H and O–H groups in total. The first-order chi connectivity index (χ1) is 19.8. The van der Waals surface area contributed by atoms with Crippen LogP contribution in [0.1, 0.15) is 25.7 Å². The Morgan fingerprint density at radius 2 is 1.26 bits per heavy atom. The third-order valence-electron chi connectivity index (χ3n) is 4.17. The summed E-state index contributed by atoms with van der Waals surface area (Å²) in [5.41, 5.74) is 0. The van der Waals surface area contributed by atoms with E-state index in [-0.39, 0.29) is 28.1 Å². The SMILES string of the molecule is O=C(O)C(S)C(S)C(=O)O.O=C(O)C1CCSS1.O=C(O)CCC1CCSS1.O=S(=O)(O)CC(S)CS.OCC(S)CS. The molecule has 12 nitrogen and oxygen atoms in total. The first kappa shape index (κ1) is 48.6. The van der Waals surface area contributed by atoms with Gasteiger partial charge in [-0.3, -0.25) is 23.7 Å². The molecule has 256 valence electrons. The highest BCUT2D eigenvalue weighted by Crippen LogP contribution is 2.39. The smallest absolute Gasteiger partial charge is 0.318 e. The van der Waals surface area contributed by atoms with Crippen LogP contribution in [0.4, 0.5) is 0 Å². The Bertz CT molecular complexity index is 863. The molecule has 0 aromatic carbocycles. The molecule has 0 aliphatic carbocycles. The number of thiol groups is 6. The predicted molar refractivity (Wildman–Crippen MR) is 199 cm³/mol. The van der Waals surface area contributed by atoms with Crippen molar-refractivity contribution in [3.05, 3.63) is 0 Å². The maximum absolute atomic E-state index is 10.2. The molecule has 6 unspecified atom stereocenters. The molecule has 2 rings (SSSR count). The Balaban J connectivity index is -0.000000470. The van der Waals surface area contributed by atoms with Crippen LogP contribution in [-0.2, 0) is 29.3 Å². The molecule has 2 aliphatic rings. The lowest BCUT2D eigenvalue weighted by Gasteiger charge is -2.07. The Morgan fingerprint density at radius 1 is 0.791 bits per heavy atom. The topological polar surface area (TPSA) is 224 Å². The number of carboxylic acid groups (broad SMARTS) is 4. The fourth-order valence-corrected chi connectivity index (χ4v) is 9.44. The largest absolute Gasteiger partial charge is 0.481 e. The number of hydrogen-bond donors (Lipinski definition) is 12. The van der Waals surface area contributed by atoms with E-state index >= 15 is 0 Å². The molecular formula is C20H38O12S11. The van der Waals surface area contributed by atoms with Crippen molar-refractivity contribution in [1.82, 2.24) is 0 Å². The van der Waals surface area contributed by atoms with Gasteiger partial charge in [-0.15, -0.1) is 0 Å². The van der Waals surface area contributed by atoms with Crippen molar-refractivity contribution in [1.29, 1.82) is 0 Å². The molecule has 0 aromatic heterocycles. The van der Waals surface area contributed by atoms with Crippen LogP contribution in [0.25, 0.3) is 0 Å². The van der Waals surface area contributed by atoms with Crippen LogP contribution >= 0.6 is 119 Å². The van der Waals surface area contributed by atoms with Crippen LogP contribution in [-0.4, -0.2) is 129 Å². The summed E-state index contributed by atoms with van der Waals surface area (Å²) >= 11 is 22.4. The third-order valence-corrected chi connectivity index (χ3v) is 14.5. The number of aliphatic hydroxyl groups excluding tert-OH is 1. The second kappa shape index (κ2) is 29.4. The van der Waals surface area contributed by atoms with Gasteiger partial charge in [0, 0.05) is 45.2 Å². The van der Waals surface area contributed by atoms with Gasteiger partial charge >= 0.3 is 23.9 Å². The maximum atomic E-state index is 10.2. The molecule has 2 fully saturated rings. The van der Waals surface area contributed by atoms with Crippen LogP contribution in [0.5, 0.6) is 0 Å². The summed E-state index contributed by atoms with van der Waals surface area (Å²) in [5.74, 6) is -1.09. The molecule has 23 heteroatoms. The van der Waals surface area contributed by atoms with Crippen molar-refractivity contribution in [3.63, 3.8) is 0 Å². The summed E-state index contributed by atoms with van der Waals surface area (Å²) in [5, 5.41) is 39.0. The lowest BCUT2D eigenvalue weighted by atomic mass is 10.2. The lowest BCUT2D eigenvalue weighted by Crippen LogP contribution is -2.31. The average molecular weight is 823 g/mol. The van der Waals surface area contributed by atoms with Crippen LogP contribution in [0.3, 0.4) is 0 Å². The fourth-order valence-electron chi connectivity index (χ4n) is 1.97. The number of aliphatic carboxylic acids is 4. The van der Waals surface area contributed by atoms with E-state index in [1.807, 2.05) is 21.6 Å². The van der Waals surface area contributed by atoms with E-state index < -0.39 is 44.5 Å². The van der Waals surface area contributed by atoms with Gasteiger partial charge in [0.25, 0.3) is 10.1 Å². The van der Waals surface area contributed by atoms with Gasteiger partial charge in [0.2, 0.25) is 0 Å². The monoisotopic (exact) mass is 822 g/mol. The molecule has 2 aliphatic heterocycles. The Kier molecular flexibility index (Phi) is 33.3. The van der Waals surface area contributed by atoms with E-state index in [4.69, 9.17) is 30.1 Å². The summed E-state index contributed by atoms with van der Waals surface area (Å²) in [4.78, 5) is 40.4. The van der Waals surface area contributed by atoms with Crippen LogP contribution in [0.2, 0.25) is 0 Å². The standard InChI is InChI=1S/C6H10O2S2.C4H6O4S2.C4H6O2S2.C3H8O3S3.C3H8OS2/c7-6(8)2-1-5-3-4-9-10-5;5-3(6)1(9)2(10)4(7)8;5-4(6)3-1-2-7-8-3;4-9(5,6)2-3(8)1-7;4-1-3(6)2-5/h5H,1-4H2,(H,7,8);1-2,9-10H,(H,5,6)(H,7,8);3H,1-2H2,(H,5,6);3,7-8H,1-2H2,(H,4,5,6);3-6H,1-2H2. The van der Waals surface area contributed by atoms with Crippen LogP contribution < -0.4 is 0 Å². The molecule has 43 heavy (non-hydrogen) atoms. The number of aliphatic hydroxyl groups is 1. The highest BCUT2D eigenvalue weighted by molar-refractivity contribution is 8.77. The van der Waals surface area contributed by atoms with Gasteiger partial charge in [0.05, 0.1) is 12.4 Å². The molecule has 0 amide bonds. The van der Waals surface area contributed by atoms with Crippen LogP contribution in [0.15, 0.2) is 0 Å². The second-order valence-electron chi connectivity index (χ2n) is 7.97. The number of carboxylic acids is 4. The van der Waals surface area contributed by atoms with Crippen molar-refractivity contribution in [2.45, 2.75) is 57.2 Å². The third kappa shape index (κ3) is 33.0. The fraction of sp³-hybridized carbons (Fsp3) is 0.800. The zero-order chi connectivity index (χ0) is 34.2. The van der Waals surface area contributed by atoms with Crippen LogP contribution in [0, 0.1) is 0 Å². The zero-order valence-corrected chi connectivity index (χ0v) is 31.8. The van der Waals surface area contributed by atoms with Crippen molar-refractivity contribution in [3.8, 4) is 0 Å². The minimum absolute atomic E-state index is 0.0494. The minimum Gasteiger partial charge on any atom is -0.481 e. The summed E-state index contributed by atoms with van der Waals surface area (Å²) < 4.78 is 28.4. The van der Waals surface area contributed by atoms with Gasteiger partial charge in [-0.05, 0) is 19.3 Å². The summed E-state index contributed by atoms with van der Waals surface area (Å²) in [6.07, 6.45) is 3.18. The molecule has 0 bridgehead atoms. The minimum atomic E-state index is -3.86. The number of carbonyl (C=O) groups is 4. The summed E-state index contributed by atoms with van der Waals surface area (Å²) in [6.45, 7) is 0.118. The molecule has 0 saturated carbocycles. The van der Waals surface area contributed by atoms with Crippen molar-refractivity contribution in [2.24, 2.45) is 0 Å². The van der Waals surface area contributed by atoms with Crippen molar-refractivity contribution >= 4 is 153 Å². The quantitative estimate of drug-likeness (QED) is 0.0771. The van der Waals surface area contributed by atoms with Gasteiger partial charge < -0.3 is 25.5 Å². The van der Waals surface area contributed by atoms with Gasteiger partial charge in [-0.1, -0.05) is 43.2 Å². The zero-order valence-electron chi connectivity index (χ0n) is 22.4. The second-order valence-corrected chi connectivity index (χ2v) is 18.2. The van der Waals surface area contributed by atoms with Gasteiger partial charge in [-0.2, -0.15) is 84.2 Å². The molecule has 0 radical (unpaired) electrons. The Labute approximate surface area is 300 Å². The summed E-state index contributed by atoms with van der Waals surface area (Å²) in [6, 6.07) is 0. The average Bonchev–Trinajstić information content (AvgIpc) is 3.66. The molecule has 2 heterocycles. The van der Waals surface area contributed by atoms with E-state index in [0.717, 1.165) is 18.6 Å². The van der Waals surface area contributed by atoms with E-state index in [0.29, 0.717) is 23.2 Å². The molecular weight excluding hydrogens is 785 g/mol. The van der Waals surface area contributed by atoms with Crippen molar-refractivity contribution in [2.75, 3.05) is 35.4 Å². The Hall–Kier alpha value is 1.25. The first-order valence-electron chi connectivity index (χ1n) is 11.8. The lowest BCUT2D eigenvalue weighted by molar-refractivity contribution is -0.142. The molecule has 0 spiro atoms. The summed E-state index contributed by atoms with van der Waals surface area (Å²) in [7, 11) is 2.95. The van der Waals surface area contributed by atoms with E-state index in [2.05, 4.69) is 75.8 Å². The highest BCUT2D eigenvalue weighted by atomic mass is 33.1. The predicted octanol–water partition coefficient (Wildman–Crippen LogP) is 3.29. The maximum Gasteiger partial charge on any atom is 0.318 e. The molecule has 2 saturated heterocycles. The van der Waals surface area contributed by atoms with E-state index in [1.165, 1.54) is 23.0 Å². The molecule has 0 aromatic rings. The highest BCUT2D eigenvalue weighted by Gasteiger charge is 2.27. The van der Waals surface area contributed by atoms with E-state index in [1.54, 1.807) is 10.8 Å². The van der Waals surface area contributed by atoms with Gasteiger partial charge in [0.15, 0.2) is 0 Å². The van der Waals surface area contributed by atoms with E-state index in [9.17, 15) is 27.6 Å². The first-order valence-corrected chi connectivity index (χ1v) is 21.5. The van der Waals surface area contributed by atoms with Crippen molar-refractivity contribution < 1.29 is 57.7 Å². The number of hydrogen-bond acceptors (Lipinski definition) is 17. The number of rotatable bonds is 12. The normalized spacial score (nSPS) is 20.0. The van der Waals surface area contributed by atoms with Gasteiger partial charge in [-0.25, -0.2) is 0 Å².